The summed E-state index contributed by atoms with van der Waals surface area (Å²) in [6.45, 7) is 3.42. The van der Waals surface area contributed by atoms with Crippen LogP contribution in [0.15, 0.2) is 34.4 Å². The number of benzene rings is 1. The molecule has 74 valence electrons. The molecule has 1 aromatic rings. The Morgan fingerprint density at radius 2 is 1.64 bits per heavy atom. The summed E-state index contributed by atoms with van der Waals surface area (Å²) in [4.78, 5) is 4.19. The number of nitrogens with zero attached hydrogens (tertiary/aromatic N) is 2. The number of aliphatic imine (C=N–C) groups is 1. The quantitative estimate of drug-likeness (QED) is 0.429. The average Bonchev–Trinajstić information content (AvgIpc) is 2.20. The van der Waals surface area contributed by atoms with Crippen LogP contribution in [0.1, 0.15) is 13.8 Å². The molecule has 0 atom stereocenters. The van der Waals surface area contributed by atoms with Crippen LogP contribution in [0.3, 0.4) is 0 Å². The molecule has 0 saturated carbocycles. The number of rotatable bonds is 2. The maximum Gasteiger partial charge on any atom is 0.115 e. The number of oxime groups is 1. The van der Waals surface area contributed by atoms with Crippen molar-refractivity contribution in [2.75, 3.05) is 0 Å². The number of phenolic OH excluding ortho intramolecular Hbond substituents is 1. The van der Waals surface area contributed by atoms with Crippen molar-refractivity contribution in [1.29, 1.82) is 0 Å². The van der Waals surface area contributed by atoms with E-state index >= 15 is 0 Å². The van der Waals surface area contributed by atoms with Crippen molar-refractivity contribution in [3.05, 3.63) is 24.3 Å². The summed E-state index contributed by atoms with van der Waals surface area (Å²) in [5.41, 5.74) is 1.82. The van der Waals surface area contributed by atoms with E-state index in [2.05, 4.69) is 10.1 Å². The van der Waals surface area contributed by atoms with Gasteiger partial charge in [0.15, 0.2) is 0 Å². The van der Waals surface area contributed by atoms with Gasteiger partial charge in [-0.3, -0.25) is 4.99 Å². The Hall–Kier alpha value is -1.84. The predicted octanol–water partition coefficient (Wildman–Crippen LogP) is 2.33. The standard InChI is InChI=1S/C10H12N2O2/c1-7(8(2)12-14)11-9-3-5-10(13)6-4-9/h3-6,13-14H,1-2H3/b11-7?,12-8-. The molecule has 0 unspecified atom stereocenters. The van der Waals surface area contributed by atoms with Crippen molar-refractivity contribution in [2.45, 2.75) is 13.8 Å². The van der Waals surface area contributed by atoms with Crippen LogP contribution in [0.25, 0.3) is 0 Å². The van der Waals surface area contributed by atoms with Gasteiger partial charge < -0.3 is 10.3 Å². The Labute approximate surface area is 82.2 Å². The van der Waals surface area contributed by atoms with Gasteiger partial charge in [-0.05, 0) is 38.1 Å². The summed E-state index contributed by atoms with van der Waals surface area (Å²) < 4.78 is 0. The SMILES string of the molecule is CC(=Nc1ccc(O)cc1)/C(C)=N\O. The monoisotopic (exact) mass is 192 g/mol. The minimum atomic E-state index is 0.203. The molecule has 14 heavy (non-hydrogen) atoms. The van der Waals surface area contributed by atoms with E-state index in [1.54, 1.807) is 38.1 Å². The van der Waals surface area contributed by atoms with Gasteiger partial charge in [0.25, 0.3) is 0 Å². The topological polar surface area (TPSA) is 65.2 Å². The first-order chi connectivity index (χ1) is 6.63. The molecule has 0 aliphatic rings. The molecule has 0 spiro atoms. The number of hydrogen-bond donors (Lipinski definition) is 2. The van der Waals surface area contributed by atoms with Gasteiger partial charge in [0.05, 0.1) is 17.1 Å². The Bertz CT molecular complexity index is 366. The van der Waals surface area contributed by atoms with Crippen LogP contribution >= 0.6 is 0 Å². The molecule has 1 aromatic carbocycles. The van der Waals surface area contributed by atoms with E-state index in [-0.39, 0.29) is 5.75 Å². The lowest BCUT2D eigenvalue weighted by Gasteiger charge is -1.98. The van der Waals surface area contributed by atoms with Gasteiger partial charge in [0, 0.05) is 0 Å². The van der Waals surface area contributed by atoms with Gasteiger partial charge >= 0.3 is 0 Å². The van der Waals surface area contributed by atoms with Crippen LogP contribution < -0.4 is 0 Å². The van der Waals surface area contributed by atoms with Crippen LogP contribution in [-0.4, -0.2) is 21.7 Å². The van der Waals surface area contributed by atoms with Crippen molar-refractivity contribution in [3.8, 4) is 5.75 Å². The van der Waals surface area contributed by atoms with E-state index in [0.29, 0.717) is 17.1 Å². The van der Waals surface area contributed by atoms with E-state index in [9.17, 15) is 0 Å². The second kappa shape index (κ2) is 4.41. The molecule has 2 N–H and O–H groups in total. The normalized spacial score (nSPS) is 13.0. The summed E-state index contributed by atoms with van der Waals surface area (Å²) in [5, 5.41) is 20.6. The molecule has 0 saturated heterocycles. The van der Waals surface area contributed by atoms with Crippen molar-refractivity contribution in [3.63, 3.8) is 0 Å². The highest BCUT2D eigenvalue weighted by molar-refractivity contribution is 6.40. The van der Waals surface area contributed by atoms with Crippen molar-refractivity contribution >= 4 is 17.1 Å². The maximum absolute atomic E-state index is 9.03. The van der Waals surface area contributed by atoms with E-state index in [0.717, 1.165) is 0 Å². The first-order valence-electron chi connectivity index (χ1n) is 4.17. The molecule has 4 nitrogen and oxygen atoms in total. The minimum Gasteiger partial charge on any atom is -0.508 e. The van der Waals surface area contributed by atoms with Crippen LogP contribution in [-0.2, 0) is 0 Å². The Morgan fingerprint density at radius 1 is 1.07 bits per heavy atom. The summed E-state index contributed by atoms with van der Waals surface area (Å²) >= 11 is 0. The molecular formula is C10H12N2O2. The zero-order valence-electron chi connectivity index (χ0n) is 8.10. The lowest BCUT2D eigenvalue weighted by atomic mass is 10.2. The predicted molar refractivity (Wildman–Crippen MR) is 55.8 cm³/mol. The first kappa shape index (κ1) is 10.2. The zero-order chi connectivity index (χ0) is 10.6. The van der Waals surface area contributed by atoms with Crippen LogP contribution in [0.4, 0.5) is 5.69 Å². The van der Waals surface area contributed by atoms with Crippen molar-refractivity contribution in [1.82, 2.24) is 0 Å². The Morgan fingerprint density at radius 3 is 2.14 bits per heavy atom. The lowest BCUT2D eigenvalue weighted by molar-refractivity contribution is 0.320. The molecule has 0 aromatic heterocycles. The van der Waals surface area contributed by atoms with E-state index in [1.807, 2.05) is 0 Å². The third-order valence-corrected chi connectivity index (χ3v) is 1.82. The second-order valence-corrected chi connectivity index (χ2v) is 2.90. The summed E-state index contributed by atoms with van der Waals surface area (Å²) in [7, 11) is 0. The first-order valence-corrected chi connectivity index (χ1v) is 4.17. The van der Waals surface area contributed by atoms with Crippen molar-refractivity contribution < 1.29 is 10.3 Å². The molecule has 0 fully saturated rings. The molecule has 0 aliphatic carbocycles. The fourth-order valence-corrected chi connectivity index (χ4v) is 0.874. The highest BCUT2D eigenvalue weighted by atomic mass is 16.4. The van der Waals surface area contributed by atoms with Gasteiger partial charge in [-0.2, -0.15) is 0 Å². The average molecular weight is 192 g/mol. The highest BCUT2D eigenvalue weighted by Crippen LogP contribution is 2.16. The second-order valence-electron chi connectivity index (χ2n) is 2.90. The molecular weight excluding hydrogens is 180 g/mol. The van der Waals surface area contributed by atoms with Gasteiger partial charge in [-0.25, -0.2) is 0 Å². The molecule has 4 heteroatoms. The largest absolute Gasteiger partial charge is 0.508 e. The van der Waals surface area contributed by atoms with E-state index in [1.165, 1.54) is 0 Å². The third-order valence-electron chi connectivity index (χ3n) is 1.82. The summed E-state index contributed by atoms with van der Waals surface area (Å²) in [5.74, 6) is 0.203. The van der Waals surface area contributed by atoms with Crippen LogP contribution in [0.2, 0.25) is 0 Å². The summed E-state index contributed by atoms with van der Waals surface area (Å²) in [6, 6.07) is 6.47. The fraction of sp³-hybridized carbons (Fsp3) is 0.200. The van der Waals surface area contributed by atoms with Crippen LogP contribution in [0.5, 0.6) is 5.75 Å². The van der Waals surface area contributed by atoms with E-state index in [4.69, 9.17) is 10.3 Å². The maximum atomic E-state index is 9.03. The molecule has 1 rings (SSSR count). The number of phenols is 1. The zero-order valence-corrected chi connectivity index (χ0v) is 8.10. The minimum absolute atomic E-state index is 0.203. The lowest BCUT2D eigenvalue weighted by Crippen LogP contribution is -2.04. The summed E-state index contributed by atoms with van der Waals surface area (Å²) in [6.07, 6.45) is 0. The van der Waals surface area contributed by atoms with Crippen LogP contribution in [0, 0.1) is 0 Å². The smallest absolute Gasteiger partial charge is 0.115 e. The number of aromatic hydroxyl groups is 1. The molecule has 0 radical (unpaired) electrons. The molecule has 0 heterocycles. The molecule has 0 aliphatic heterocycles. The highest BCUT2D eigenvalue weighted by Gasteiger charge is 1.97. The Balaban J connectivity index is 2.92. The van der Waals surface area contributed by atoms with Crippen molar-refractivity contribution in [2.24, 2.45) is 10.1 Å². The van der Waals surface area contributed by atoms with E-state index < -0.39 is 0 Å². The molecule has 0 bridgehead atoms. The third kappa shape index (κ3) is 2.58. The van der Waals surface area contributed by atoms with Gasteiger partial charge in [0.2, 0.25) is 0 Å². The van der Waals surface area contributed by atoms with Gasteiger partial charge in [-0.1, -0.05) is 5.16 Å². The molecule has 0 amide bonds. The fourth-order valence-electron chi connectivity index (χ4n) is 0.874. The van der Waals surface area contributed by atoms with Gasteiger partial charge in [0.1, 0.15) is 5.75 Å². The Kier molecular flexibility index (Phi) is 3.23. The number of hydrogen-bond acceptors (Lipinski definition) is 4. The van der Waals surface area contributed by atoms with Gasteiger partial charge in [-0.15, -0.1) is 0 Å².